The molecule has 2 aromatic carbocycles. The minimum Gasteiger partial charge on any atom is -0.395 e. The van der Waals surface area contributed by atoms with Crippen molar-refractivity contribution in [2.45, 2.75) is 6.92 Å². The van der Waals surface area contributed by atoms with Gasteiger partial charge in [0.05, 0.1) is 39.8 Å². The van der Waals surface area contributed by atoms with E-state index in [1.807, 2.05) is 0 Å². The highest BCUT2D eigenvalue weighted by Gasteiger charge is 2.23. The van der Waals surface area contributed by atoms with Crippen LogP contribution in [0.5, 0.6) is 0 Å². The van der Waals surface area contributed by atoms with Gasteiger partial charge in [0, 0.05) is 24.8 Å². The number of rotatable bonds is 9. The number of anilines is 1. The maximum atomic E-state index is 11.2. The zero-order valence-electron chi connectivity index (χ0n) is 15.4. The lowest BCUT2D eigenvalue weighted by atomic mass is 10.1. The number of aryl methyl sites for hydroxylation is 1. The van der Waals surface area contributed by atoms with Gasteiger partial charge in [0.2, 0.25) is 0 Å². The number of azo groups is 1. The Kier molecular flexibility index (Phi) is 7.53. The standard InChI is InChI=1S/C17H18ClN5O6/c1-11-8-12(21(4-6-24)5-7-25)2-3-15(11)19-20-17-14(18)9-13(22(26)27)10-16(17)23(28)29/h2-3,8-10,24-25H,4-7H2,1H3. The van der Waals surface area contributed by atoms with E-state index in [4.69, 9.17) is 21.8 Å². The summed E-state index contributed by atoms with van der Waals surface area (Å²) in [6.45, 7) is 2.27. The van der Waals surface area contributed by atoms with Crippen LogP contribution in [0.4, 0.5) is 28.4 Å². The Hall–Kier alpha value is -3.15. The van der Waals surface area contributed by atoms with Crippen molar-refractivity contribution in [2.24, 2.45) is 10.2 Å². The first-order valence-electron chi connectivity index (χ1n) is 8.39. The molecule has 0 bridgehead atoms. The van der Waals surface area contributed by atoms with Gasteiger partial charge in [-0.05, 0) is 30.7 Å². The summed E-state index contributed by atoms with van der Waals surface area (Å²) in [4.78, 5) is 22.3. The highest BCUT2D eigenvalue weighted by molar-refractivity contribution is 6.33. The van der Waals surface area contributed by atoms with Crippen LogP contribution in [-0.2, 0) is 0 Å². The van der Waals surface area contributed by atoms with E-state index in [0.717, 1.165) is 17.8 Å². The summed E-state index contributed by atoms with van der Waals surface area (Å²) < 4.78 is 0. The lowest BCUT2D eigenvalue weighted by Crippen LogP contribution is -2.29. The molecule has 0 amide bonds. The van der Waals surface area contributed by atoms with E-state index < -0.39 is 21.2 Å². The van der Waals surface area contributed by atoms with Gasteiger partial charge in [-0.1, -0.05) is 11.6 Å². The molecule has 154 valence electrons. The monoisotopic (exact) mass is 423 g/mol. The van der Waals surface area contributed by atoms with E-state index in [2.05, 4.69) is 10.2 Å². The first-order chi connectivity index (χ1) is 13.8. The molecule has 0 heterocycles. The molecule has 2 N–H and O–H groups in total. The molecule has 0 fully saturated rings. The molecule has 0 spiro atoms. The smallest absolute Gasteiger partial charge is 0.305 e. The number of aliphatic hydroxyl groups is 2. The predicted octanol–water partition coefficient (Wildman–Crippen LogP) is 3.67. The number of halogens is 1. The van der Waals surface area contributed by atoms with Crippen molar-refractivity contribution in [1.82, 2.24) is 0 Å². The van der Waals surface area contributed by atoms with Crippen LogP contribution in [0.25, 0.3) is 0 Å². The van der Waals surface area contributed by atoms with Crippen molar-refractivity contribution in [3.63, 3.8) is 0 Å². The molecule has 0 saturated heterocycles. The van der Waals surface area contributed by atoms with Crippen LogP contribution in [0.3, 0.4) is 0 Å². The van der Waals surface area contributed by atoms with Gasteiger partial charge in [-0.2, -0.15) is 0 Å². The second-order valence-electron chi connectivity index (χ2n) is 5.91. The van der Waals surface area contributed by atoms with Gasteiger partial charge >= 0.3 is 5.69 Å². The average Bonchev–Trinajstić information content (AvgIpc) is 2.66. The maximum absolute atomic E-state index is 11.2. The van der Waals surface area contributed by atoms with E-state index in [0.29, 0.717) is 24.3 Å². The molecule has 0 unspecified atom stereocenters. The molecule has 0 atom stereocenters. The fraction of sp³-hybridized carbons (Fsp3) is 0.294. The van der Waals surface area contributed by atoms with Crippen LogP contribution in [0, 0.1) is 27.2 Å². The van der Waals surface area contributed by atoms with Gasteiger partial charge in [-0.15, -0.1) is 10.2 Å². The van der Waals surface area contributed by atoms with Crippen LogP contribution < -0.4 is 4.90 Å². The van der Waals surface area contributed by atoms with Crippen molar-refractivity contribution in [2.75, 3.05) is 31.2 Å². The van der Waals surface area contributed by atoms with Crippen LogP contribution in [0.2, 0.25) is 5.02 Å². The highest BCUT2D eigenvalue weighted by Crippen LogP contribution is 2.40. The fourth-order valence-electron chi connectivity index (χ4n) is 2.58. The number of hydrogen-bond donors (Lipinski definition) is 2. The van der Waals surface area contributed by atoms with Crippen molar-refractivity contribution >= 4 is 40.0 Å². The van der Waals surface area contributed by atoms with E-state index in [1.165, 1.54) is 0 Å². The summed E-state index contributed by atoms with van der Waals surface area (Å²) in [5.74, 6) is 0. The normalized spacial score (nSPS) is 11.0. The average molecular weight is 424 g/mol. The first-order valence-corrected chi connectivity index (χ1v) is 8.77. The third-order valence-electron chi connectivity index (χ3n) is 3.98. The van der Waals surface area contributed by atoms with Gasteiger partial charge in [0.1, 0.15) is 0 Å². The van der Waals surface area contributed by atoms with Crippen molar-refractivity contribution in [3.05, 3.63) is 61.1 Å². The molecule has 0 aliphatic carbocycles. The molecule has 2 rings (SSSR count). The molecular weight excluding hydrogens is 406 g/mol. The van der Waals surface area contributed by atoms with E-state index >= 15 is 0 Å². The zero-order chi connectivity index (χ0) is 21.6. The Balaban J connectivity index is 2.39. The van der Waals surface area contributed by atoms with E-state index in [1.54, 1.807) is 30.0 Å². The van der Waals surface area contributed by atoms with Gasteiger partial charge < -0.3 is 15.1 Å². The minimum atomic E-state index is -0.815. The number of aliphatic hydroxyl groups excluding tert-OH is 2. The highest BCUT2D eigenvalue weighted by atomic mass is 35.5. The van der Waals surface area contributed by atoms with Crippen molar-refractivity contribution in [1.29, 1.82) is 0 Å². The number of benzene rings is 2. The number of nitro benzene ring substituents is 2. The molecule has 11 nitrogen and oxygen atoms in total. The largest absolute Gasteiger partial charge is 0.395 e. The summed E-state index contributed by atoms with van der Waals surface area (Å²) in [7, 11) is 0. The van der Waals surface area contributed by atoms with Crippen LogP contribution in [0.15, 0.2) is 40.6 Å². The first kappa shape index (κ1) is 22.1. The van der Waals surface area contributed by atoms with E-state index in [9.17, 15) is 20.2 Å². The molecule has 0 aromatic heterocycles. The lowest BCUT2D eigenvalue weighted by Gasteiger charge is -2.23. The van der Waals surface area contributed by atoms with Gasteiger partial charge in [-0.25, -0.2) is 0 Å². The number of hydrogen-bond acceptors (Lipinski definition) is 9. The third kappa shape index (κ3) is 5.44. The van der Waals surface area contributed by atoms with Crippen LogP contribution >= 0.6 is 11.6 Å². The van der Waals surface area contributed by atoms with Crippen molar-refractivity contribution < 1.29 is 20.1 Å². The molecular formula is C17H18ClN5O6. The number of non-ortho nitro benzene ring substituents is 1. The Morgan fingerprint density at radius 1 is 1.03 bits per heavy atom. The summed E-state index contributed by atoms with van der Waals surface area (Å²) in [6.07, 6.45) is 0. The second kappa shape index (κ2) is 9.87. The summed E-state index contributed by atoms with van der Waals surface area (Å²) in [5, 5.41) is 48.0. The Labute approximate surface area is 170 Å². The molecule has 0 saturated carbocycles. The maximum Gasteiger partial charge on any atom is 0.305 e. The summed E-state index contributed by atoms with van der Waals surface area (Å²) in [5.41, 5.74) is 0.420. The zero-order valence-corrected chi connectivity index (χ0v) is 16.1. The summed E-state index contributed by atoms with van der Waals surface area (Å²) >= 11 is 5.95. The Bertz CT molecular complexity index is 946. The van der Waals surface area contributed by atoms with Crippen LogP contribution in [-0.4, -0.2) is 46.4 Å². The number of nitro groups is 2. The number of nitrogens with zero attached hydrogens (tertiary/aromatic N) is 5. The molecule has 0 radical (unpaired) electrons. The minimum absolute atomic E-state index is 0.0805. The van der Waals surface area contributed by atoms with Gasteiger partial charge in [-0.3, -0.25) is 20.2 Å². The third-order valence-corrected chi connectivity index (χ3v) is 4.27. The molecule has 0 aliphatic heterocycles. The molecule has 12 heteroatoms. The quantitative estimate of drug-likeness (QED) is 0.354. The molecule has 29 heavy (non-hydrogen) atoms. The SMILES string of the molecule is Cc1cc(N(CCO)CCO)ccc1N=Nc1c(Cl)cc([N+](=O)[O-])cc1[N+](=O)[O-]. The fourth-order valence-corrected chi connectivity index (χ4v) is 2.82. The Morgan fingerprint density at radius 2 is 1.69 bits per heavy atom. The topological polar surface area (TPSA) is 155 Å². The molecule has 2 aromatic rings. The Morgan fingerprint density at radius 3 is 2.21 bits per heavy atom. The second-order valence-corrected chi connectivity index (χ2v) is 6.32. The summed E-state index contributed by atoms with van der Waals surface area (Å²) in [6, 6.07) is 6.85. The van der Waals surface area contributed by atoms with Gasteiger partial charge in [0.25, 0.3) is 5.69 Å². The van der Waals surface area contributed by atoms with Crippen LogP contribution in [0.1, 0.15) is 5.56 Å². The van der Waals surface area contributed by atoms with Gasteiger partial charge in [0.15, 0.2) is 5.69 Å². The lowest BCUT2D eigenvalue weighted by molar-refractivity contribution is -0.393. The molecule has 0 aliphatic rings. The van der Waals surface area contributed by atoms with E-state index in [-0.39, 0.29) is 23.9 Å². The van der Waals surface area contributed by atoms with Crippen molar-refractivity contribution in [3.8, 4) is 0 Å². The predicted molar refractivity (Wildman–Crippen MR) is 107 cm³/mol.